The van der Waals surface area contributed by atoms with Crippen LogP contribution in [0.15, 0.2) is 29.2 Å². The van der Waals surface area contributed by atoms with Crippen molar-refractivity contribution in [3.63, 3.8) is 0 Å². The summed E-state index contributed by atoms with van der Waals surface area (Å²) < 4.78 is 31.7. The lowest BCUT2D eigenvalue weighted by molar-refractivity contribution is 0.146. The fourth-order valence-corrected chi connectivity index (χ4v) is 2.68. The van der Waals surface area contributed by atoms with Crippen molar-refractivity contribution in [1.82, 2.24) is 4.72 Å². The van der Waals surface area contributed by atoms with E-state index in [0.29, 0.717) is 31.7 Å². The first kappa shape index (κ1) is 16.1. The van der Waals surface area contributed by atoms with Gasteiger partial charge in [-0.1, -0.05) is 12.1 Å². The van der Waals surface area contributed by atoms with Crippen LogP contribution in [0.1, 0.15) is 31.9 Å². The van der Waals surface area contributed by atoms with E-state index in [1.54, 1.807) is 19.1 Å². The van der Waals surface area contributed by atoms with Crippen LogP contribution in [0.2, 0.25) is 0 Å². The number of hydrogen-bond donors (Lipinski definition) is 2. The molecule has 0 amide bonds. The molecule has 0 aliphatic heterocycles. The molecule has 0 aliphatic carbocycles. The molecule has 1 aromatic carbocycles. The second kappa shape index (κ2) is 7.59. The van der Waals surface area contributed by atoms with Gasteiger partial charge in [-0.05, 0) is 38.0 Å². The van der Waals surface area contributed by atoms with Crippen molar-refractivity contribution in [2.45, 2.75) is 31.3 Å². The highest BCUT2D eigenvalue weighted by molar-refractivity contribution is 7.89. The van der Waals surface area contributed by atoms with Gasteiger partial charge in [0.2, 0.25) is 10.0 Å². The van der Waals surface area contributed by atoms with Crippen LogP contribution in [0, 0.1) is 0 Å². The highest BCUT2D eigenvalue weighted by Crippen LogP contribution is 2.16. The average Bonchev–Trinajstić information content (AvgIpc) is 2.38. The van der Waals surface area contributed by atoms with Gasteiger partial charge in [-0.25, -0.2) is 13.1 Å². The van der Waals surface area contributed by atoms with Crippen LogP contribution in [-0.4, -0.2) is 33.3 Å². The predicted octanol–water partition coefficient (Wildman–Crippen LogP) is 1.44. The molecule has 0 fully saturated rings. The van der Waals surface area contributed by atoms with Gasteiger partial charge in [0.05, 0.1) is 11.0 Å². The van der Waals surface area contributed by atoms with Gasteiger partial charge in [0.25, 0.3) is 0 Å². The molecule has 0 radical (unpaired) electrons. The third-order valence-corrected chi connectivity index (χ3v) is 4.07. The highest BCUT2D eigenvalue weighted by Gasteiger charge is 2.14. The van der Waals surface area contributed by atoms with E-state index in [-0.39, 0.29) is 4.90 Å². The van der Waals surface area contributed by atoms with Gasteiger partial charge in [0.15, 0.2) is 0 Å². The average molecular weight is 287 g/mol. The molecule has 1 aromatic rings. The predicted molar refractivity (Wildman–Crippen MR) is 73.4 cm³/mol. The molecule has 2 N–H and O–H groups in total. The minimum absolute atomic E-state index is 0.169. The van der Waals surface area contributed by atoms with Crippen LogP contribution in [0.3, 0.4) is 0 Å². The number of nitrogens with one attached hydrogen (secondary N) is 1. The van der Waals surface area contributed by atoms with E-state index in [2.05, 4.69) is 4.72 Å². The van der Waals surface area contributed by atoms with Gasteiger partial charge >= 0.3 is 0 Å². The van der Waals surface area contributed by atoms with Gasteiger partial charge in [0, 0.05) is 19.8 Å². The van der Waals surface area contributed by atoms with Crippen molar-refractivity contribution in [2.75, 3.05) is 19.8 Å². The van der Waals surface area contributed by atoms with Crippen molar-refractivity contribution in [2.24, 2.45) is 0 Å². The summed E-state index contributed by atoms with van der Waals surface area (Å²) in [6, 6.07) is 6.31. The molecule has 0 saturated carbocycles. The van der Waals surface area contributed by atoms with Crippen molar-refractivity contribution in [1.29, 1.82) is 0 Å². The Bertz CT molecular complexity index is 485. The monoisotopic (exact) mass is 287 g/mol. The van der Waals surface area contributed by atoms with E-state index >= 15 is 0 Å². The smallest absolute Gasteiger partial charge is 0.240 e. The highest BCUT2D eigenvalue weighted by atomic mass is 32.2. The number of rotatable bonds is 8. The Labute approximate surface area is 114 Å². The number of ether oxygens (including phenoxy) is 1. The maximum absolute atomic E-state index is 12.0. The molecule has 1 unspecified atom stereocenters. The van der Waals surface area contributed by atoms with E-state index in [1.165, 1.54) is 12.1 Å². The standard InChI is InChI=1S/C13H21NO4S/c1-3-18-9-5-8-14-19(16,17)13-7-4-6-12(10-13)11(2)15/h4,6-7,10-11,14-15H,3,5,8-9H2,1-2H3. The van der Waals surface area contributed by atoms with Crippen LogP contribution >= 0.6 is 0 Å². The van der Waals surface area contributed by atoms with Crippen molar-refractivity contribution >= 4 is 10.0 Å². The van der Waals surface area contributed by atoms with E-state index < -0.39 is 16.1 Å². The van der Waals surface area contributed by atoms with Crippen LogP contribution < -0.4 is 4.72 Å². The number of aliphatic hydroxyl groups is 1. The molecule has 0 bridgehead atoms. The van der Waals surface area contributed by atoms with Crippen LogP contribution in [0.25, 0.3) is 0 Å². The first-order valence-electron chi connectivity index (χ1n) is 6.33. The number of hydrogen-bond acceptors (Lipinski definition) is 4. The lowest BCUT2D eigenvalue weighted by Crippen LogP contribution is -2.25. The lowest BCUT2D eigenvalue weighted by Gasteiger charge is -2.09. The summed E-state index contributed by atoms with van der Waals surface area (Å²) >= 11 is 0. The van der Waals surface area contributed by atoms with Gasteiger partial charge in [0.1, 0.15) is 0 Å². The molecule has 6 heteroatoms. The normalized spacial score (nSPS) is 13.4. The van der Waals surface area contributed by atoms with Crippen molar-refractivity contribution in [3.05, 3.63) is 29.8 Å². The molecule has 1 atom stereocenters. The fourth-order valence-electron chi connectivity index (χ4n) is 1.55. The molecule has 0 aliphatic rings. The van der Waals surface area contributed by atoms with Gasteiger partial charge < -0.3 is 9.84 Å². The zero-order chi connectivity index (χ0) is 14.3. The zero-order valence-corrected chi connectivity index (χ0v) is 12.1. The minimum Gasteiger partial charge on any atom is -0.389 e. The van der Waals surface area contributed by atoms with Gasteiger partial charge in [-0.2, -0.15) is 0 Å². The number of benzene rings is 1. The van der Waals surface area contributed by atoms with Crippen LogP contribution in [0.5, 0.6) is 0 Å². The molecule has 0 heterocycles. The molecule has 5 nitrogen and oxygen atoms in total. The first-order chi connectivity index (χ1) is 8.97. The summed E-state index contributed by atoms with van der Waals surface area (Å²) in [5.74, 6) is 0. The third-order valence-electron chi connectivity index (χ3n) is 2.61. The lowest BCUT2D eigenvalue weighted by atomic mass is 10.1. The first-order valence-corrected chi connectivity index (χ1v) is 7.81. The largest absolute Gasteiger partial charge is 0.389 e. The molecule has 1 rings (SSSR count). The molecular formula is C13H21NO4S. The molecule has 0 saturated heterocycles. The molecule has 0 aromatic heterocycles. The Morgan fingerprint density at radius 2 is 2.16 bits per heavy atom. The Kier molecular flexibility index (Phi) is 6.44. The van der Waals surface area contributed by atoms with Crippen molar-refractivity contribution < 1.29 is 18.3 Å². The number of sulfonamides is 1. The second-order valence-corrected chi connectivity index (χ2v) is 5.96. The van der Waals surface area contributed by atoms with Crippen LogP contribution in [0.4, 0.5) is 0 Å². The Hall–Kier alpha value is -0.950. The van der Waals surface area contributed by atoms with E-state index in [0.717, 1.165) is 0 Å². The van der Waals surface area contributed by atoms with E-state index in [9.17, 15) is 13.5 Å². The summed E-state index contributed by atoms with van der Waals surface area (Å²) in [5, 5.41) is 9.46. The molecule has 0 spiro atoms. The Morgan fingerprint density at radius 3 is 2.79 bits per heavy atom. The van der Waals surface area contributed by atoms with E-state index in [4.69, 9.17) is 4.74 Å². The molecule has 19 heavy (non-hydrogen) atoms. The van der Waals surface area contributed by atoms with Crippen LogP contribution in [-0.2, 0) is 14.8 Å². The number of aliphatic hydroxyl groups excluding tert-OH is 1. The minimum atomic E-state index is -3.52. The Balaban J connectivity index is 2.64. The molecular weight excluding hydrogens is 266 g/mol. The topological polar surface area (TPSA) is 75.6 Å². The quantitative estimate of drug-likeness (QED) is 0.710. The van der Waals surface area contributed by atoms with Gasteiger partial charge in [-0.3, -0.25) is 0 Å². The van der Waals surface area contributed by atoms with E-state index in [1.807, 2.05) is 6.92 Å². The zero-order valence-electron chi connectivity index (χ0n) is 11.3. The molecule has 108 valence electrons. The Morgan fingerprint density at radius 1 is 1.42 bits per heavy atom. The summed E-state index contributed by atoms with van der Waals surface area (Å²) in [6.07, 6.45) is -0.0588. The summed E-state index contributed by atoms with van der Waals surface area (Å²) in [5.41, 5.74) is 0.581. The fraction of sp³-hybridized carbons (Fsp3) is 0.538. The van der Waals surface area contributed by atoms with Gasteiger partial charge in [-0.15, -0.1) is 0 Å². The maximum atomic E-state index is 12.0. The second-order valence-electron chi connectivity index (χ2n) is 4.20. The maximum Gasteiger partial charge on any atom is 0.240 e. The van der Waals surface area contributed by atoms with Crippen molar-refractivity contribution in [3.8, 4) is 0 Å². The third kappa shape index (κ3) is 5.28. The summed E-state index contributed by atoms with van der Waals surface area (Å²) in [4.78, 5) is 0.169. The summed E-state index contributed by atoms with van der Waals surface area (Å²) in [7, 11) is -3.52. The SMILES string of the molecule is CCOCCCNS(=O)(=O)c1cccc(C(C)O)c1. The summed E-state index contributed by atoms with van der Waals surface area (Å²) in [6.45, 7) is 4.99.